The van der Waals surface area contributed by atoms with Gasteiger partial charge < -0.3 is 9.84 Å². The molecule has 0 aliphatic heterocycles. The van der Waals surface area contributed by atoms with Gasteiger partial charge >= 0.3 is 0 Å². The quantitative estimate of drug-likeness (QED) is 0.489. The third-order valence-corrected chi connectivity index (χ3v) is 4.72. The fraction of sp³-hybridized carbons (Fsp3) is 0.190. The van der Waals surface area contributed by atoms with Crippen molar-refractivity contribution in [1.82, 2.24) is 30.0 Å². The van der Waals surface area contributed by atoms with Gasteiger partial charge in [0.05, 0.1) is 0 Å². The van der Waals surface area contributed by atoms with Gasteiger partial charge in [-0.3, -0.25) is 9.36 Å². The van der Waals surface area contributed by atoms with Gasteiger partial charge in [-0.15, -0.1) is 0 Å². The van der Waals surface area contributed by atoms with Gasteiger partial charge in [0, 0.05) is 35.9 Å². The molecule has 0 bridgehead atoms. The lowest BCUT2D eigenvalue weighted by molar-refractivity contribution is 0.0949. The summed E-state index contributed by atoms with van der Waals surface area (Å²) >= 11 is 5.88. The van der Waals surface area contributed by atoms with Crippen molar-refractivity contribution in [3.63, 3.8) is 0 Å². The van der Waals surface area contributed by atoms with E-state index in [0.29, 0.717) is 47.6 Å². The fourth-order valence-electron chi connectivity index (χ4n) is 2.83. The molecule has 1 aromatic carbocycles. The zero-order valence-corrected chi connectivity index (χ0v) is 17.0. The number of pyridine rings is 1. The van der Waals surface area contributed by atoms with Crippen LogP contribution in [0.1, 0.15) is 28.8 Å². The minimum Gasteiger partial charge on any atom is -0.350 e. The summed E-state index contributed by atoms with van der Waals surface area (Å²) in [4.78, 5) is 25.3. The van der Waals surface area contributed by atoms with Crippen molar-refractivity contribution in [2.24, 2.45) is 0 Å². The summed E-state index contributed by atoms with van der Waals surface area (Å²) in [6, 6.07) is 11.1. The van der Waals surface area contributed by atoms with Gasteiger partial charge in [0.1, 0.15) is 17.8 Å². The molecular formula is C21H19ClN6O2. The molecule has 1 amide bonds. The number of hydrogen-bond donors (Lipinski definition) is 1. The van der Waals surface area contributed by atoms with Gasteiger partial charge in [-0.25, -0.2) is 9.97 Å². The Balaban J connectivity index is 1.41. The van der Waals surface area contributed by atoms with E-state index in [4.69, 9.17) is 16.1 Å². The Bertz CT molecular complexity index is 1150. The number of halogens is 1. The lowest BCUT2D eigenvalue weighted by atomic mass is 10.1. The van der Waals surface area contributed by atoms with Crippen LogP contribution < -0.4 is 5.32 Å². The maximum absolute atomic E-state index is 12.4. The van der Waals surface area contributed by atoms with Crippen LogP contribution in [0, 0.1) is 0 Å². The fourth-order valence-corrected chi connectivity index (χ4v) is 2.96. The highest BCUT2D eigenvalue weighted by Crippen LogP contribution is 2.19. The highest BCUT2D eigenvalue weighted by atomic mass is 35.5. The van der Waals surface area contributed by atoms with Crippen molar-refractivity contribution in [3.05, 3.63) is 77.2 Å². The Morgan fingerprint density at radius 1 is 1.20 bits per heavy atom. The lowest BCUT2D eigenvalue weighted by Crippen LogP contribution is -2.26. The van der Waals surface area contributed by atoms with E-state index in [1.807, 2.05) is 31.2 Å². The number of benzene rings is 1. The predicted molar refractivity (Wildman–Crippen MR) is 112 cm³/mol. The molecule has 0 atom stereocenters. The number of imidazole rings is 1. The van der Waals surface area contributed by atoms with Crippen LogP contribution in [0.25, 0.3) is 17.3 Å². The molecule has 4 aromatic rings. The zero-order chi connectivity index (χ0) is 20.9. The standard InChI is InChI=1S/C21H19ClN6O2/c1-2-18-26-21(30-27-18)15-8-10-23-19(11-15)28-12-17(25-13-28)20(29)24-9-7-14-3-5-16(22)6-4-14/h3-6,8,10-13H,2,7,9H2,1H3,(H,24,29). The molecule has 0 fully saturated rings. The number of carbonyl (C=O) groups excluding carboxylic acids is 1. The Hall–Kier alpha value is -3.52. The summed E-state index contributed by atoms with van der Waals surface area (Å²) in [5.41, 5.74) is 2.15. The van der Waals surface area contributed by atoms with Crippen molar-refractivity contribution in [3.8, 4) is 17.3 Å². The third-order valence-electron chi connectivity index (χ3n) is 4.47. The van der Waals surface area contributed by atoms with Crippen LogP contribution in [0.4, 0.5) is 0 Å². The Morgan fingerprint density at radius 2 is 2.03 bits per heavy atom. The average molecular weight is 423 g/mol. The number of rotatable bonds is 7. The maximum Gasteiger partial charge on any atom is 0.271 e. The van der Waals surface area contributed by atoms with E-state index in [1.54, 1.807) is 35.4 Å². The van der Waals surface area contributed by atoms with Gasteiger partial charge in [0.2, 0.25) is 0 Å². The number of nitrogens with zero attached hydrogens (tertiary/aromatic N) is 5. The molecule has 0 aliphatic rings. The van der Waals surface area contributed by atoms with E-state index in [2.05, 4.69) is 25.4 Å². The van der Waals surface area contributed by atoms with Gasteiger partial charge in [-0.05, 0) is 36.2 Å². The molecule has 9 heteroatoms. The van der Waals surface area contributed by atoms with Crippen LogP contribution in [-0.2, 0) is 12.8 Å². The van der Waals surface area contributed by atoms with E-state index in [-0.39, 0.29) is 5.91 Å². The molecule has 0 saturated heterocycles. The highest BCUT2D eigenvalue weighted by Gasteiger charge is 2.12. The molecule has 3 heterocycles. The molecule has 152 valence electrons. The number of aromatic nitrogens is 5. The summed E-state index contributed by atoms with van der Waals surface area (Å²) < 4.78 is 6.95. The summed E-state index contributed by atoms with van der Waals surface area (Å²) in [7, 11) is 0. The molecular weight excluding hydrogens is 404 g/mol. The number of amides is 1. The van der Waals surface area contributed by atoms with Crippen molar-refractivity contribution in [1.29, 1.82) is 0 Å². The van der Waals surface area contributed by atoms with Gasteiger partial charge in [0.15, 0.2) is 5.82 Å². The number of aryl methyl sites for hydroxylation is 1. The molecule has 0 aliphatic carbocycles. The maximum atomic E-state index is 12.4. The SMILES string of the molecule is CCc1noc(-c2ccnc(-n3cnc(C(=O)NCCc4ccc(Cl)cc4)c3)c2)n1. The van der Waals surface area contributed by atoms with Crippen molar-refractivity contribution in [2.45, 2.75) is 19.8 Å². The molecule has 1 N–H and O–H groups in total. The first-order valence-electron chi connectivity index (χ1n) is 9.48. The monoisotopic (exact) mass is 422 g/mol. The first-order valence-corrected chi connectivity index (χ1v) is 9.86. The molecule has 0 spiro atoms. The molecule has 0 saturated carbocycles. The zero-order valence-electron chi connectivity index (χ0n) is 16.2. The van der Waals surface area contributed by atoms with Crippen LogP contribution in [0.3, 0.4) is 0 Å². The number of carbonyl (C=O) groups is 1. The molecule has 0 radical (unpaired) electrons. The first-order chi connectivity index (χ1) is 14.6. The molecule has 4 rings (SSSR count). The lowest BCUT2D eigenvalue weighted by Gasteiger charge is -2.04. The molecule has 30 heavy (non-hydrogen) atoms. The topological polar surface area (TPSA) is 98.7 Å². The third kappa shape index (κ3) is 4.55. The smallest absolute Gasteiger partial charge is 0.271 e. The van der Waals surface area contributed by atoms with Crippen LogP contribution in [0.15, 0.2) is 59.6 Å². The molecule has 3 aromatic heterocycles. The van der Waals surface area contributed by atoms with Crippen molar-refractivity contribution < 1.29 is 9.32 Å². The van der Waals surface area contributed by atoms with Gasteiger partial charge in [-0.1, -0.05) is 35.8 Å². The second-order valence-electron chi connectivity index (χ2n) is 6.57. The minimum atomic E-state index is -0.247. The van der Waals surface area contributed by atoms with Crippen LogP contribution >= 0.6 is 11.6 Å². The molecule has 0 unspecified atom stereocenters. The number of hydrogen-bond acceptors (Lipinski definition) is 6. The number of nitrogens with one attached hydrogen (secondary N) is 1. The van der Waals surface area contributed by atoms with Crippen LogP contribution in [-0.4, -0.2) is 37.1 Å². The van der Waals surface area contributed by atoms with Crippen molar-refractivity contribution in [2.75, 3.05) is 6.54 Å². The van der Waals surface area contributed by atoms with E-state index in [9.17, 15) is 4.79 Å². The normalized spacial score (nSPS) is 10.9. The Morgan fingerprint density at radius 3 is 2.80 bits per heavy atom. The summed E-state index contributed by atoms with van der Waals surface area (Å²) in [5.74, 6) is 1.42. The second-order valence-corrected chi connectivity index (χ2v) is 7.01. The largest absolute Gasteiger partial charge is 0.350 e. The summed E-state index contributed by atoms with van der Waals surface area (Å²) in [5, 5.41) is 7.47. The average Bonchev–Trinajstić information content (AvgIpc) is 3.45. The molecule has 8 nitrogen and oxygen atoms in total. The summed E-state index contributed by atoms with van der Waals surface area (Å²) in [6.07, 6.45) is 6.23. The van der Waals surface area contributed by atoms with Gasteiger partial charge in [0.25, 0.3) is 11.8 Å². The van der Waals surface area contributed by atoms with Gasteiger partial charge in [-0.2, -0.15) is 4.98 Å². The highest BCUT2D eigenvalue weighted by molar-refractivity contribution is 6.30. The van der Waals surface area contributed by atoms with E-state index >= 15 is 0 Å². The second kappa shape index (κ2) is 8.87. The van der Waals surface area contributed by atoms with E-state index in [1.165, 1.54) is 0 Å². The summed E-state index contributed by atoms with van der Waals surface area (Å²) in [6.45, 7) is 2.46. The Kier molecular flexibility index (Phi) is 5.85. The van der Waals surface area contributed by atoms with E-state index in [0.717, 1.165) is 11.1 Å². The first kappa shape index (κ1) is 19.8. The van der Waals surface area contributed by atoms with Crippen LogP contribution in [0.5, 0.6) is 0 Å². The Labute approximate surface area is 177 Å². The van der Waals surface area contributed by atoms with Crippen LogP contribution in [0.2, 0.25) is 5.02 Å². The predicted octanol–water partition coefficient (Wildman–Crippen LogP) is 3.51. The minimum absolute atomic E-state index is 0.247. The van der Waals surface area contributed by atoms with Crippen molar-refractivity contribution >= 4 is 17.5 Å². The van der Waals surface area contributed by atoms with E-state index < -0.39 is 0 Å².